The van der Waals surface area contributed by atoms with Crippen molar-refractivity contribution in [2.24, 2.45) is 0 Å². The molecule has 0 aliphatic rings. The minimum absolute atomic E-state index is 0.435. The molecular weight excluding hydrogens is 286 g/mol. The minimum Gasteiger partial charge on any atom is -0.316 e. The van der Waals surface area contributed by atoms with E-state index in [1.807, 2.05) is 18.8 Å². The van der Waals surface area contributed by atoms with Gasteiger partial charge in [-0.3, -0.25) is 4.40 Å². The van der Waals surface area contributed by atoms with Crippen molar-refractivity contribution in [3.8, 4) is 0 Å². The first-order valence-corrected chi connectivity index (χ1v) is 8.48. The molecule has 3 aromatic rings. The molecule has 0 fully saturated rings. The molecule has 3 nitrogen and oxygen atoms in total. The molecule has 0 saturated carbocycles. The predicted molar refractivity (Wildman–Crippen MR) is 86.8 cm³/mol. The highest BCUT2D eigenvalue weighted by Crippen LogP contribution is 2.19. The molecule has 1 aromatic carbocycles. The molecule has 0 saturated heterocycles. The van der Waals surface area contributed by atoms with Crippen LogP contribution in [-0.2, 0) is 6.42 Å². The Balaban J connectivity index is 1.60. The summed E-state index contributed by atoms with van der Waals surface area (Å²) in [5.74, 6) is 1.05. The fraction of sp³-hybridized carbons (Fsp3) is 0.267. The first-order chi connectivity index (χ1) is 9.85. The maximum atomic E-state index is 4.65. The van der Waals surface area contributed by atoms with E-state index in [2.05, 4.69) is 62.8 Å². The number of aromatic nitrogens is 2. The summed E-state index contributed by atoms with van der Waals surface area (Å²) in [4.78, 5) is 7.04. The Morgan fingerprint density at radius 1 is 1.35 bits per heavy atom. The smallest absolute Gasteiger partial charge is 0.193 e. The van der Waals surface area contributed by atoms with Gasteiger partial charge >= 0.3 is 0 Å². The highest BCUT2D eigenvalue weighted by molar-refractivity contribution is 7.99. The van der Waals surface area contributed by atoms with Crippen LogP contribution in [0.1, 0.15) is 5.69 Å². The fourth-order valence-corrected chi connectivity index (χ4v) is 3.83. The van der Waals surface area contributed by atoms with Crippen LogP contribution < -0.4 is 5.32 Å². The lowest BCUT2D eigenvalue weighted by Gasteiger charge is -2.14. The molecule has 0 amide bonds. The number of nitrogens with one attached hydrogen (secondary N) is 1. The largest absolute Gasteiger partial charge is 0.316 e. The van der Waals surface area contributed by atoms with E-state index in [0.717, 1.165) is 22.8 Å². The van der Waals surface area contributed by atoms with Gasteiger partial charge in [0.2, 0.25) is 0 Å². The zero-order valence-corrected chi connectivity index (χ0v) is 13.0. The third kappa shape index (κ3) is 3.23. The van der Waals surface area contributed by atoms with E-state index in [4.69, 9.17) is 0 Å². The summed E-state index contributed by atoms with van der Waals surface area (Å²) in [5, 5.41) is 5.45. The van der Waals surface area contributed by atoms with Crippen LogP contribution in [-0.4, -0.2) is 28.2 Å². The second kappa shape index (κ2) is 6.43. The lowest BCUT2D eigenvalue weighted by Crippen LogP contribution is -2.30. The number of nitrogens with zero attached hydrogens (tertiary/aromatic N) is 2. The highest BCUT2D eigenvalue weighted by atomic mass is 32.2. The third-order valence-corrected chi connectivity index (χ3v) is 5.15. The second-order valence-electron chi connectivity index (χ2n) is 4.64. The van der Waals surface area contributed by atoms with E-state index < -0.39 is 0 Å². The van der Waals surface area contributed by atoms with Crippen molar-refractivity contribution >= 4 is 28.1 Å². The second-order valence-corrected chi connectivity index (χ2v) is 6.61. The number of likely N-dealkylation sites (N-methyl/N-ethyl adjacent to an activating group) is 1. The normalized spacial score (nSPS) is 12.8. The van der Waals surface area contributed by atoms with E-state index in [-0.39, 0.29) is 0 Å². The number of imidazole rings is 1. The van der Waals surface area contributed by atoms with Crippen LogP contribution in [0.3, 0.4) is 0 Å². The maximum absolute atomic E-state index is 4.65. The van der Waals surface area contributed by atoms with Crippen molar-refractivity contribution in [2.45, 2.75) is 17.4 Å². The van der Waals surface area contributed by atoms with E-state index in [1.165, 1.54) is 4.90 Å². The van der Waals surface area contributed by atoms with E-state index >= 15 is 0 Å². The number of rotatable bonds is 6. The van der Waals surface area contributed by atoms with Crippen molar-refractivity contribution in [3.05, 3.63) is 53.8 Å². The van der Waals surface area contributed by atoms with Gasteiger partial charge < -0.3 is 5.32 Å². The van der Waals surface area contributed by atoms with Gasteiger partial charge in [0.05, 0.1) is 5.69 Å². The molecule has 0 aliphatic heterocycles. The number of hydrogen-bond donors (Lipinski definition) is 1. The van der Waals surface area contributed by atoms with E-state index in [9.17, 15) is 0 Å². The summed E-state index contributed by atoms with van der Waals surface area (Å²) in [6.07, 6.45) is 5.15. The molecule has 20 heavy (non-hydrogen) atoms. The van der Waals surface area contributed by atoms with E-state index in [0.29, 0.717) is 6.04 Å². The topological polar surface area (TPSA) is 29.3 Å². The van der Waals surface area contributed by atoms with E-state index in [1.54, 1.807) is 11.3 Å². The van der Waals surface area contributed by atoms with Gasteiger partial charge in [0.1, 0.15) is 0 Å². The van der Waals surface area contributed by atoms with Gasteiger partial charge in [-0.25, -0.2) is 4.98 Å². The average molecular weight is 303 g/mol. The van der Waals surface area contributed by atoms with Crippen molar-refractivity contribution < 1.29 is 0 Å². The van der Waals surface area contributed by atoms with Crippen LogP contribution >= 0.6 is 23.1 Å². The molecule has 1 N–H and O–H groups in total. The first-order valence-electron chi connectivity index (χ1n) is 6.61. The average Bonchev–Trinajstić information content (AvgIpc) is 3.05. The van der Waals surface area contributed by atoms with Gasteiger partial charge in [0, 0.05) is 40.9 Å². The lowest BCUT2D eigenvalue weighted by molar-refractivity contribution is 0.611. The van der Waals surface area contributed by atoms with Gasteiger partial charge in [-0.1, -0.05) is 18.2 Å². The maximum Gasteiger partial charge on any atom is 0.193 e. The molecule has 2 aromatic heterocycles. The van der Waals surface area contributed by atoms with Crippen molar-refractivity contribution in [2.75, 3.05) is 12.8 Å². The number of thiazole rings is 1. The zero-order chi connectivity index (χ0) is 13.8. The molecular formula is C15H17N3S2. The van der Waals surface area contributed by atoms with Gasteiger partial charge in [-0.05, 0) is 19.2 Å². The molecule has 0 spiro atoms. The Morgan fingerprint density at radius 2 is 2.20 bits per heavy atom. The first kappa shape index (κ1) is 13.7. The molecule has 0 aliphatic carbocycles. The van der Waals surface area contributed by atoms with Crippen LogP contribution in [0.15, 0.2) is 53.0 Å². The van der Waals surface area contributed by atoms with Crippen LogP contribution in [0.5, 0.6) is 0 Å². The van der Waals surface area contributed by atoms with Gasteiger partial charge in [0.25, 0.3) is 0 Å². The predicted octanol–water partition coefficient (Wildman–Crippen LogP) is 3.32. The van der Waals surface area contributed by atoms with Crippen LogP contribution in [0, 0.1) is 0 Å². The molecule has 0 radical (unpaired) electrons. The Labute approximate surface area is 127 Å². The van der Waals surface area contributed by atoms with Gasteiger partial charge in [-0.2, -0.15) is 0 Å². The molecule has 3 rings (SSSR count). The summed E-state index contributed by atoms with van der Waals surface area (Å²) >= 11 is 3.57. The number of benzene rings is 1. The van der Waals surface area contributed by atoms with Crippen LogP contribution in [0.4, 0.5) is 0 Å². The zero-order valence-electron chi connectivity index (χ0n) is 11.3. The van der Waals surface area contributed by atoms with Crippen LogP contribution in [0.2, 0.25) is 0 Å². The number of hydrogen-bond acceptors (Lipinski definition) is 4. The highest BCUT2D eigenvalue weighted by Gasteiger charge is 2.11. The third-order valence-electron chi connectivity index (χ3n) is 3.20. The molecule has 1 atom stereocenters. The molecule has 0 bridgehead atoms. The summed E-state index contributed by atoms with van der Waals surface area (Å²) in [7, 11) is 2.02. The Bertz CT molecular complexity index is 631. The summed E-state index contributed by atoms with van der Waals surface area (Å²) in [6.45, 7) is 0. The quantitative estimate of drug-likeness (QED) is 0.708. The van der Waals surface area contributed by atoms with Gasteiger partial charge in [0.15, 0.2) is 4.96 Å². The van der Waals surface area contributed by atoms with Crippen molar-refractivity contribution in [1.29, 1.82) is 0 Å². The van der Waals surface area contributed by atoms with Gasteiger partial charge in [-0.15, -0.1) is 23.1 Å². The summed E-state index contributed by atoms with van der Waals surface area (Å²) in [6, 6.07) is 11.0. The molecule has 5 heteroatoms. The lowest BCUT2D eigenvalue weighted by atomic mass is 10.2. The van der Waals surface area contributed by atoms with Crippen molar-refractivity contribution in [3.63, 3.8) is 0 Å². The fourth-order valence-electron chi connectivity index (χ4n) is 2.08. The van der Waals surface area contributed by atoms with Crippen molar-refractivity contribution in [1.82, 2.24) is 14.7 Å². The van der Waals surface area contributed by atoms with Crippen LogP contribution in [0.25, 0.3) is 4.96 Å². The monoisotopic (exact) mass is 303 g/mol. The SMILES string of the molecule is CNC(CSc1ccccc1)Cc1cn2ccsc2n1. The number of fused-ring (bicyclic) bond motifs is 1. The molecule has 1 unspecified atom stereocenters. The summed E-state index contributed by atoms with van der Waals surface area (Å²) in [5.41, 5.74) is 1.16. The molecule has 2 heterocycles. The number of thioether (sulfide) groups is 1. The minimum atomic E-state index is 0.435. The molecule has 104 valence electrons. The Morgan fingerprint density at radius 3 is 2.95 bits per heavy atom. The Kier molecular flexibility index (Phi) is 4.40. The standard InChI is InChI=1S/C15H17N3S2/c1-16-13(11-20-14-5-3-2-4-6-14)9-12-10-18-7-8-19-15(18)17-12/h2-8,10,13,16H,9,11H2,1H3. The Hall–Kier alpha value is -1.30. The summed E-state index contributed by atoms with van der Waals surface area (Å²) < 4.78 is 2.09.